The van der Waals surface area contributed by atoms with E-state index < -0.39 is 5.60 Å². The SMILES string of the molecule is CC12CCC1C21c2ccccc2-c2c1c1c(c3ccc4c(c23)CCO4)OC(c2ccccc2)(c2cccc(C#N)c2)C=C1. The molecule has 2 fully saturated rings. The number of nitrogens with zero attached hydrogens (tertiary/aromatic N) is 1. The lowest BCUT2D eigenvalue weighted by Crippen LogP contribution is -2.35. The molecule has 1 spiro atoms. The average Bonchev–Trinajstić information content (AvgIpc) is 3.47. The van der Waals surface area contributed by atoms with Crippen molar-refractivity contribution in [1.29, 1.82) is 5.26 Å². The van der Waals surface area contributed by atoms with E-state index in [0.717, 1.165) is 34.4 Å². The van der Waals surface area contributed by atoms with Gasteiger partial charge in [-0.05, 0) is 76.8 Å². The Bertz CT molecular complexity index is 2140. The highest BCUT2D eigenvalue weighted by molar-refractivity contribution is 6.11. The van der Waals surface area contributed by atoms with Crippen LogP contribution in [-0.2, 0) is 17.4 Å². The van der Waals surface area contributed by atoms with Gasteiger partial charge < -0.3 is 9.47 Å². The van der Waals surface area contributed by atoms with Crippen LogP contribution in [0.25, 0.3) is 28.0 Å². The summed E-state index contributed by atoms with van der Waals surface area (Å²) in [7, 11) is 0. The van der Waals surface area contributed by atoms with E-state index in [1.54, 1.807) is 0 Å². The molecule has 0 aromatic heterocycles. The summed E-state index contributed by atoms with van der Waals surface area (Å²) in [6.07, 6.45) is 8.02. The minimum atomic E-state index is -0.872. The molecular weight excluding hydrogens is 526 g/mol. The standard InChI is InChI=1S/C40H29NO2/c1-38-19-17-33(38)40(38)31-13-6-5-12-27(31)35-34-28-18-21-42-32(28)15-14-29(34)37-30(36(35)40)16-20-39(43-37,25-9-3-2-4-10-25)26-11-7-8-24(22-26)23-41/h2-16,20,22,33H,17-19,21H2,1H3. The monoisotopic (exact) mass is 555 g/mol. The highest BCUT2D eigenvalue weighted by atomic mass is 16.5. The molecule has 10 rings (SSSR count). The second kappa shape index (κ2) is 7.77. The van der Waals surface area contributed by atoms with Crippen LogP contribution < -0.4 is 9.47 Å². The first-order valence-corrected chi connectivity index (χ1v) is 15.4. The van der Waals surface area contributed by atoms with Crippen LogP contribution in [0, 0.1) is 22.7 Å². The van der Waals surface area contributed by atoms with E-state index in [1.807, 2.05) is 24.3 Å². The molecule has 43 heavy (non-hydrogen) atoms. The van der Waals surface area contributed by atoms with Gasteiger partial charge in [0.05, 0.1) is 18.2 Å². The van der Waals surface area contributed by atoms with Crippen molar-refractivity contribution >= 4 is 16.8 Å². The van der Waals surface area contributed by atoms with Crippen molar-refractivity contribution in [3.63, 3.8) is 0 Å². The van der Waals surface area contributed by atoms with E-state index in [2.05, 4.69) is 91.9 Å². The molecule has 0 N–H and O–H groups in total. The molecular formula is C40H29NO2. The summed E-state index contributed by atoms with van der Waals surface area (Å²) in [5.41, 5.74) is 10.3. The first kappa shape index (κ1) is 23.7. The molecule has 4 atom stereocenters. The molecule has 206 valence electrons. The van der Waals surface area contributed by atoms with Crippen LogP contribution in [0.5, 0.6) is 11.5 Å². The number of fused-ring (bicyclic) bond motifs is 15. The van der Waals surface area contributed by atoms with Crippen LogP contribution in [-0.4, -0.2) is 6.61 Å². The molecule has 0 amide bonds. The third kappa shape index (κ3) is 2.60. The Morgan fingerprint density at radius 1 is 0.907 bits per heavy atom. The molecule has 5 aromatic carbocycles. The predicted octanol–water partition coefficient (Wildman–Crippen LogP) is 8.69. The Hall–Kier alpha value is -4.81. The normalized spacial score (nSPS) is 28.0. The van der Waals surface area contributed by atoms with E-state index >= 15 is 0 Å². The lowest BCUT2D eigenvalue weighted by molar-refractivity contribution is 0.163. The maximum absolute atomic E-state index is 9.82. The van der Waals surface area contributed by atoms with E-state index in [0.29, 0.717) is 18.1 Å². The Balaban J connectivity index is 1.34. The fourth-order valence-electron chi connectivity index (χ4n) is 9.64. The molecule has 3 nitrogen and oxygen atoms in total. The molecule has 0 radical (unpaired) electrons. The molecule has 0 saturated heterocycles. The first-order chi connectivity index (χ1) is 21.1. The zero-order chi connectivity index (χ0) is 28.6. The van der Waals surface area contributed by atoms with Gasteiger partial charge in [-0.15, -0.1) is 0 Å². The van der Waals surface area contributed by atoms with Crippen molar-refractivity contribution in [2.45, 2.75) is 37.2 Å². The van der Waals surface area contributed by atoms with Crippen molar-refractivity contribution in [3.8, 4) is 28.7 Å². The van der Waals surface area contributed by atoms with Crippen molar-refractivity contribution in [2.24, 2.45) is 11.3 Å². The van der Waals surface area contributed by atoms with E-state index in [-0.39, 0.29) is 10.8 Å². The molecule has 2 heterocycles. The van der Waals surface area contributed by atoms with Crippen LogP contribution in [0.2, 0.25) is 0 Å². The van der Waals surface area contributed by atoms with Crippen molar-refractivity contribution < 1.29 is 9.47 Å². The van der Waals surface area contributed by atoms with E-state index in [4.69, 9.17) is 9.47 Å². The van der Waals surface area contributed by atoms with Crippen molar-refractivity contribution in [1.82, 2.24) is 0 Å². The van der Waals surface area contributed by atoms with Gasteiger partial charge in [0.2, 0.25) is 0 Å². The second-order valence-corrected chi connectivity index (χ2v) is 13.1. The van der Waals surface area contributed by atoms with Crippen molar-refractivity contribution in [2.75, 3.05) is 6.61 Å². The molecule has 2 saturated carbocycles. The van der Waals surface area contributed by atoms with Gasteiger partial charge in [-0.2, -0.15) is 5.26 Å². The first-order valence-electron chi connectivity index (χ1n) is 15.4. The highest BCUT2D eigenvalue weighted by Crippen LogP contribution is 2.86. The van der Waals surface area contributed by atoms with Crippen molar-refractivity contribution in [3.05, 3.63) is 136 Å². The molecule has 2 aliphatic heterocycles. The summed E-state index contributed by atoms with van der Waals surface area (Å²) >= 11 is 0. The zero-order valence-corrected chi connectivity index (χ0v) is 24.0. The van der Waals surface area contributed by atoms with Gasteiger partial charge in [0.25, 0.3) is 0 Å². The average molecular weight is 556 g/mol. The summed E-state index contributed by atoms with van der Waals surface area (Å²) in [4.78, 5) is 0. The molecule has 5 aliphatic rings. The maximum atomic E-state index is 9.82. The molecule has 0 bridgehead atoms. The number of rotatable bonds is 2. The fraction of sp³-hybridized carbons (Fsp3) is 0.225. The Morgan fingerprint density at radius 3 is 2.53 bits per heavy atom. The highest BCUT2D eigenvalue weighted by Gasteiger charge is 2.81. The lowest BCUT2D eigenvalue weighted by atomic mass is 9.77. The van der Waals surface area contributed by atoms with Crippen LogP contribution in [0.3, 0.4) is 0 Å². The minimum absolute atomic E-state index is 0.0144. The molecule has 3 aliphatic carbocycles. The van der Waals surface area contributed by atoms with Gasteiger partial charge in [-0.3, -0.25) is 0 Å². The molecule has 4 unspecified atom stereocenters. The third-order valence-electron chi connectivity index (χ3n) is 11.6. The fourth-order valence-corrected chi connectivity index (χ4v) is 9.64. The van der Waals surface area contributed by atoms with Crippen LogP contribution in [0.15, 0.2) is 97.1 Å². The summed E-state index contributed by atoms with van der Waals surface area (Å²) < 4.78 is 13.7. The van der Waals surface area contributed by atoms with Gasteiger partial charge in [0.15, 0.2) is 5.60 Å². The predicted molar refractivity (Wildman–Crippen MR) is 168 cm³/mol. The van der Waals surface area contributed by atoms with Gasteiger partial charge in [0.1, 0.15) is 11.5 Å². The molecule has 5 aromatic rings. The largest absolute Gasteiger partial charge is 0.493 e. The number of hydrogen-bond donors (Lipinski definition) is 0. The summed E-state index contributed by atoms with van der Waals surface area (Å²) in [5, 5.41) is 12.3. The van der Waals surface area contributed by atoms with Gasteiger partial charge in [0, 0.05) is 44.9 Å². The van der Waals surface area contributed by atoms with Gasteiger partial charge in [-0.25, -0.2) is 0 Å². The van der Waals surface area contributed by atoms with Gasteiger partial charge in [-0.1, -0.05) is 79.7 Å². The third-order valence-corrected chi connectivity index (χ3v) is 11.6. The number of nitriles is 1. The lowest BCUT2D eigenvalue weighted by Gasteiger charge is -2.38. The number of benzene rings is 5. The zero-order valence-electron chi connectivity index (χ0n) is 24.0. The van der Waals surface area contributed by atoms with Crippen LogP contribution in [0.4, 0.5) is 0 Å². The Labute approximate surface area is 251 Å². The minimum Gasteiger partial charge on any atom is -0.493 e. The topological polar surface area (TPSA) is 42.2 Å². The van der Waals surface area contributed by atoms with E-state index in [1.165, 1.54) is 51.6 Å². The van der Waals surface area contributed by atoms with Gasteiger partial charge >= 0.3 is 0 Å². The summed E-state index contributed by atoms with van der Waals surface area (Å²) in [6, 6.07) is 34.2. The second-order valence-electron chi connectivity index (χ2n) is 13.1. The smallest absolute Gasteiger partial charge is 0.178 e. The summed E-state index contributed by atoms with van der Waals surface area (Å²) in [6.45, 7) is 3.22. The number of ether oxygens (including phenoxy) is 2. The number of hydrogen-bond acceptors (Lipinski definition) is 3. The van der Waals surface area contributed by atoms with Crippen LogP contribution in [0.1, 0.15) is 58.7 Å². The quantitative estimate of drug-likeness (QED) is 0.219. The Morgan fingerprint density at radius 2 is 1.72 bits per heavy atom. The van der Waals surface area contributed by atoms with Crippen LogP contribution >= 0.6 is 0 Å². The molecule has 3 heteroatoms. The summed E-state index contributed by atoms with van der Waals surface area (Å²) in [5.74, 6) is 2.60. The maximum Gasteiger partial charge on any atom is 0.178 e. The Kier molecular flexibility index (Phi) is 4.28. The van der Waals surface area contributed by atoms with E-state index in [9.17, 15) is 5.26 Å².